The van der Waals surface area contributed by atoms with Gasteiger partial charge in [-0.15, -0.1) is 0 Å². The summed E-state index contributed by atoms with van der Waals surface area (Å²) in [5, 5.41) is 9.01. The van der Waals surface area contributed by atoms with Crippen molar-refractivity contribution in [2.45, 2.75) is 13.3 Å². The first-order chi connectivity index (χ1) is 8.22. The van der Waals surface area contributed by atoms with Crippen LogP contribution in [0.25, 0.3) is 12.2 Å². The van der Waals surface area contributed by atoms with Gasteiger partial charge in [0.05, 0.1) is 12.3 Å². The number of allylic oxidation sites excluding steroid dienone is 2. The minimum absolute atomic E-state index is 0.119. The van der Waals surface area contributed by atoms with Crippen molar-refractivity contribution in [2.24, 2.45) is 0 Å². The van der Waals surface area contributed by atoms with E-state index in [1.54, 1.807) is 0 Å². The molecular formula is C13H17N3O. The molecule has 17 heavy (non-hydrogen) atoms. The second kappa shape index (κ2) is 5.10. The lowest BCUT2D eigenvalue weighted by Crippen LogP contribution is -2.24. The minimum atomic E-state index is 0.119. The smallest absolute Gasteiger partial charge is 0.140 e. The highest BCUT2D eigenvalue weighted by Gasteiger charge is 2.13. The second-order valence-corrected chi connectivity index (χ2v) is 4.08. The van der Waals surface area contributed by atoms with E-state index in [2.05, 4.69) is 28.2 Å². The first-order valence-corrected chi connectivity index (χ1v) is 5.76. The summed E-state index contributed by atoms with van der Waals surface area (Å²) in [6.07, 6.45) is 9.18. The third-order valence-corrected chi connectivity index (χ3v) is 2.70. The number of likely N-dealkylation sites (N-methyl/N-ethyl adjacent to an activating group) is 1. The molecule has 0 bridgehead atoms. The average molecular weight is 231 g/mol. The molecule has 0 fully saturated rings. The van der Waals surface area contributed by atoms with Gasteiger partial charge >= 0.3 is 0 Å². The quantitative estimate of drug-likeness (QED) is 0.859. The summed E-state index contributed by atoms with van der Waals surface area (Å²) in [4.78, 5) is 10.9. The molecule has 1 aliphatic carbocycles. The monoisotopic (exact) mass is 231 g/mol. The standard InChI is InChI=1S/C13H17N3O/c1-10-14-12-7-5-3-4-6-11(12)13(15-10)16(2)8-9-17/h4-7,17H,3,8-9H2,1-2H3. The Morgan fingerprint density at radius 2 is 2.06 bits per heavy atom. The van der Waals surface area contributed by atoms with Crippen LogP contribution < -0.4 is 4.90 Å². The molecule has 0 atom stereocenters. The minimum Gasteiger partial charge on any atom is -0.395 e. The fourth-order valence-corrected chi connectivity index (χ4v) is 1.87. The van der Waals surface area contributed by atoms with Crippen molar-refractivity contribution in [1.29, 1.82) is 0 Å². The van der Waals surface area contributed by atoms with Crippen molar-refractivity contribution in [3.05, 3.63) is 29.2 Å². The number of anilines is 1. The Morgan fingerprint density at radius 1 is 1.29 bits per heavy atom. The number of aryl methyl sites for hydroxylation is 1. The van der Waals surface area contributed by atoms with Gasteiger partial charge in [0, 0.05) is 19.2 Å². The van der Waals surface area contributed by atoms with Gasteiger partial charge in [0.25, 0.3) is 0 Å². The Balaban J connectivity index is 2.51. The van der Waals surface area contributed by atoms with Gasteiger partial charge < -0.3 is 10.0 Å². The van der Waals surface area contributed by atoms with Gasteiger partial charge in [-0.2, -0.15) is 0 Å². The molecule has 1 aromatic heterocycles. The molecule has 0 unspecified atom stereocenters. The first kappa shape index (κ1) is 11.8. The Kier molecular flexibility index (Phi) is 3.54. The highest BCUT2D eigenvalue weighted by atomic mass is 16.3. The molecule has 1 heterocycles. The summed E-state index contributed by atoms with van der Waals surface area (Å²) < 4.78 is 0. The topological polar surface area (TPSA) is 49.2 Å². The van der Waals surface area contributed by atoms with Gasteiger partial charge in [-0.1, -0.05) is 18.2 Å². The number of aromatic nitrogens is 2. The lowest BCUT2D eigenvalue weighted by atomic mass is 10.2. The number of aliphatic hydroxyl groups is 1. The third kappa shape index (κ3) is 2.53. The number of rotatable bonds is 3. The lowest BCUT2D eigenvalue weighted by Gasteiger charge is -2.20. The van der Waals surface area contributed by atoms with Crippen molar-refractivity contribution < 1.29 is 5.11 Å². The summed E-state index contributed by atoms with van der Waals surface area (Å²) in [7, 11) is 1.93. The lowest BCUT2D eigenvalue weighted by molar-refractivity contribution is 0.304. The van der Waals surface area contributed by atoms with E-state index in [0.717, 1.165) is 29.3 Å². The van der Waals surface area contributed by atoms with E-state index in [1.807, 2.05) is 24.9 Å². The molecule has 1 aliphatic rings. The summed E-state index contributed by atoms with van der Waals surface area (Å²) in [5.74, 6) is 1.63. The molecule has 0 radical (unpaired) electrons. The van der Waals surface area contributed by atoms with Crippen molar-refractivity contribution >= 4 is 18.0 Å². The molecule has 1 aromatic rings. The normalized spacial score (nSPS) is 13.4. The zero-order valence-electron chi connectivity index (χ0n) is 10.2. The molecule has 0 aromatic carbocycles. The van der Waals surface area contributed by atoms with Crippen molar-refractivity contribution in [2.75, 3.05) is 25.1 Å². The van der Waals surface area contributed by atoms with E-state index in [-0.39, 0.29) is 6.61 Å². The number of hydrogen-bond donors (Lipinski definition) is 1. The molecular weight excluding hydrogens is 214 g/mol. The summed E-state index contributed by atoms with van der Waals surface area (Å²) in [5.41, 5.74) is 1.98. The van der Waals surface area contributed by atoms with Gasteiger partial charge in [0.15, 0.2) is 0 Å². The van der Waals surface area contributed by atoms with Crippen LogP contribution in [0.1, 0.15) is 23.5 Å². The molecule has 0 aliphatic heterocycles. The van der Waals surface area contributed by atoms with Crippen LogP contribution in [0.4, 0.5) is 5.82 Å². The largest absolute Gasteiger partial charge is 0.395 e. The number of fused-ring (bicyclic) bond motifs is 1. The van der Waals surface area contributed by atoms with E-state index in [1.165, 1.54) is 0 Å². The maximum Gasteiger partial charge on any atom is 0.140 e. The fourth-order valence-electron chi connectivity index (χ4n) is 1.87. The molecule has 0 amide bonds. The third-order valence-electron chi connectivity index (χ3n) is 2.70. The molecule has 0 saturated carbocycles. The van der Waals surface area contributed by atoms with Crippen molar-refractivity contribution in [3.8, 4) is 0 Å². The Hall–Kier alpha value is -1.68. The van der Waals surface area contributed by atoms with Gasteiger partial charge in [0.1, 0.15) is 11.6 Å². The predicted molar refractivity (Wildman–Crippen MR) is 69.8 cm³/mol. The van der Waals surface area contributed by atoms with Gasteiger partial charge in [0.2, 0.25) is 0 Å². The summed E-state index contributed by atoms with van der Waals surface area (Å²) >= 11 is 0. The highest BCUT2D eigenvalue weighted by Crippen LogP contribution is 2.24. The zero-order chi connectivity index (χ0) is 12.3. The maximum atomic E-state index is 9.01. The molecule has 2 rings (SSSR count). The van der Waals surface area contributed by atoms with Crippen LogP contribution in [0, 0.1) is 6.92 Å². The van der Waals surface area contributed by atoms with Crippen LogP contribution in [-0.2, 0) is 0 Å². The van der Waals surface area contributed by atoms with E-state index in [0.29, 0.717) is 6.54 Å². The Bertz CT molecular complexity index is 466. The SMILES string of the molecule is Cc1nc2c(c(N(C)CCO)n1)C=CCC=C2. The molecule has 4 heteroatoms. The first-order valence-electron chi connectivity index (χ1n) is 5.76. The van der Waals surface area contributed by atoms with Crippen LogP contribution in [-0.4, -0.2) is 35.3 Å². The summed E-state index contributed by atoms with van der Waals surface area (Å²) in [6, 6.07) is 0. The van der Waals surface area contributed by atoms with Gasteiger partial charge in [-0.25, -0.2) is 9.97 Å². The molecule has 1 N–H and O–H groups in total. The van der Waals surface area contributed by atoms with Crippen LogP contribution in [0.3, 0.4) is 0 Å². The maximum absolute atomic E-state index is 9.01. The average Bonchev–Trinajstić information content (AvgIpc) is 2.53. The number of hydrogen-bond acceptors (Lipinski definition) is 4. The second-order valence-electron chi connectivity index (χ2n) is 4.08. The Morgan fingerprint density at radius 3 is 2.82 bits per heavy atom. The van der Waals surface area contributed by atoms with Crippen LogP contribution in [0.2, 0.25) is 0 Å². The predicted octanol–water partition coefficient (Wildman–Crippen LogP) is 1.64. The van der Waals surface area contributed by atoms with E-state index in [4.69, 9.17) is 5.11 Å². The van der Waals surface area contributed by atoms with Crippen molar-refractivity contribution in [3.63, 3.8) is 0 Å². The van der Waals surface area contributed by atoms with E-state index >= 15 is 0 Å². The number of nitrogens with zero attached hydrogens (tertiary/aromatic N) is 3. The van der Waals surface area contributed by atoms with Gasteiger partial charge in [-0.05, 0) is 19.4 Å². The van der Waals surface area contributed by atoms with E-state index in [9.17, 15) is 0 Å². The van der Waals surface area contributed by atoms with E-state index < -0.39 is 0 Å². The van der Waals surface area contributed by atoms with Gasteiger partial charge in [-0.3, -0.25) is 0 Å². The fraction of sp³-hybridized carbons (Fsp3) is 0.385. The molecule has 0 spiro atoms. The highest BCUT2D eigenvalue weighted by molar-refractivity contribution is 5.73. The zero-order valence-corrected chi connectivity index (χ0v) is 10.2. The number of aliphatic hydroxyl groups excluding tert-OH is 1. The van der Waals surface area contributed by atoms with Crippen LogP contribution in [0.5, 0.6) is 0 Å². The van der Waals surface area contributed by atoms with Crippen LogP contribution >= 0.6 is 0 Å². The Labute approximate surface area is 101 Å². The molecule has 0 saturated heterocycles. The van der Waals surface area contributed by atoms with Crippen molar-refractivity contribution in [1.82, 2.24) is 9.97 Å². The molecule has 4 nitrogen and oxygen atoms in total. The van der Waals surface area contributed by atoms with Crippen LogP contribution in [0.15, 0.2) is 12.2 Å². The summed E-state index contributed by atoms with van der Waals surface area (Å²) in [6.45, 7) is 2.58. The molecule has 90 valence electrons.